The molecule has 2 nitrogen and oxygen atoms in total. The van der Waals surface area contributed by atoms with Crippen molar-refractivity contribution >= 4 is 11.8 Å². The minimum atomic E-state index is 0.247. The zero-order valence-corrected chi connectivity index (χ0v) is 12.4. The molecule has 0 aliphatic rings. The molecule has 0 saturated heterocycles. The van der Waals surface area contributed by atoms with Gasteiger partial charge in [-0.2, -0.15) is 0 Å². The average Bonchev–Trinajstić information content (AvgIpc) is 2.48. The van der Waals surface area contributed by atoms with Crippen LogP contribution in [0.15, 0.2) is 53.6 Å². The Labute approximate surface area is 119 Å². The smallest absolute Gasteiger partial charge is 0.0570 e. The van der Waals surface area contributed by atoms with Gasteiger partial charge in [0.15, 0.2) is 0 Å². The van der Waals surface area contributed by atoms with Crippen LogP contribution in [0.2, 0.25) is 0 Å². The van der Waals surface area contributed by atoms with E-state index in [1.54, 1.807) is 11.8 Å². The molecule has 2 aromatic rings. The Morgan fingerprint density at radius 3 is 2.32 bits per heavy atom. The number of hydrogen-bond acceptors (Lipinski definition) is 3. The first-order chi connectivity index (χ1) is 9.20. The predicted octanol–water partition coefficient (Wildman–Crippen LogP) is 4.22. The van der Waals surface area contributed by atoms with Crippen LogP contribution in [0.25, 0.3) is 0 Å². The molecule has 1 heterocycles. The van der Waals surface area contributed by atoms with E-state index in [0.29, 0.717) is 6.04 Å². The zero-order chi connectivity index (χ0) is 13.7. The molecule has 0 fully saturated rings. The Morgan fingerprint density at radius 2 is 1.74 bits per heavy atom. The van der Waals surface area contributed by atoms with Crippen molar-refractivity contribution in [3.63, 3.8) is 0 Å². The van der Waals surface area contributed by atoms with Crippen LogP contribution in [-0.4, -0.2) is 11.2 Å². The lowest BCUT2D eigenvalue weighted by molar-refractivity contribution is 0.486. The van der Waals surface area contributed by atoms with E-state index < -0.39 is 0 Å². The molecule has 2 rings (SSSR count). The molecular weight excluding hydrogens is 252 g/mol. The highest BCUT2D eigenvalue weighted by Crippen LogP contribution is 2.21. The van der Waals surface area contributed by atoms with Gasteiger partial charge in [-0.25, -0.2) is 0 Å². The molecular formula is C16H20N2S. The SMILES string of the molecule is CSc1ccc(C(C)NC(C)c2ccccn2)cc1. The van der Waals surface area contributed by atoms with E-state index in [1.807, 2.05) is 18.3 Å². The van der Waals surface area contributed by atoms with E-state index in [1.165, 1.54) is 10.5 Å². The van der Waals surface area contributed by atoms with Gasteiger partial charge in [0.2, 0.25) is 0 Å². The minimum Gasteiger partial charge on any atom is -0.302 e. The van der Waals surface area contributed by atoms with Gasteiger partial charge in [-0.05, 0) is 49.9 Å². The van der Waals surface area contributed by atoms with Crippen molar-refractivity contribution in [1.29, 1.82) is 0 Å². The Balaban J connectivity index is 2.02. The van der Waals surface area contributed by atoms with Gasteiger partial charge in [-0.15, -0.1) is 11.8 Å². The van der Waals surface area contributed by atoms with Crippen LogP contribution in [-0.2, 0) is 0 Å². The van der Waals surface area contributed by atoms with Gasteiger partial charge in [-0.3, -0.25) is 4.98 Å². The third-order valence-corrected chi connectivity index (χ3v) is 3.99. The van der Waals surface area contributed by atoms with Gasteiger partial charge >= 0.3 is 0 Å². The van der Waals surface area contributed by atoms with Crippen LogP contribution < -0.4 is 5.32 Å². The Morgan fingerprint density at radius 1 is 1.00 bits per heavy atom. The van der Waals surface area contributed by atoms with E-state index in [2.05, 4.69) is 60.7 Å². The Hall–Kier alpha value is -1.32. The normalized spacial score (nSPS) is 14.1. The number of pyridine rings is 1. The molecule has 0 radical (unpaired) electrons. The van der Waals surface area contributed by atoms with Crippen molar-refractivity contribution in [1.82, 2.24) is 10.3 Å². The highest BCUT2D eigenvalue weighted by molar-refractivity contribution is 7.98. The van der Waals surface area contributed by atoms with Crippen LogP contribution in [0.5, 0.6) is 0 Å². The van der Waals surface area contributed by atoms with E-state index in [9.17, 15) is 0 Å². The first-order valence-electron chi connectivity index (χ1n) is 6.51. The number of rotatable bonds is 5. The molecule has 1 aromatic carbocycles. The van der Waals surface area contributed by atoms with Crippen LogP contribution >= 0.6 is 11.8 Å². The van der Waals surface area contributed by atoms with Crippen LogP contribution in [0.3, 0.4) is 0 Å². The zero-order valence-electron chi connectivity index (χ0n) is 11.6. The molecule has 0 aliphatic carbocycles. The summed E-state index contributed by atoms with van der Waals surface area (Å²) in [5.74, 6) is 0. The topological polar surface area (TPSA) is 24.9 Å². The molecule has 0 aliphatic heterocycles. The maximum absolute atomic E-state index is 4.39. The van der Waals surface area contributed by atoms with E-state index >= 15 is 0 Å². The van der Waals surface area contributed by atoms with Gasteiger partial charge < -0.3 is 5.32 Å². The summed E-state index contributed by atoms with van der Waals surface area (Å²) in [7, 11) is 0. The lowest BCUT2D eigenvalue weighted by Gasteiger charge is -2.20. The van der Waals surface area contributed by atoms with Crippen molar-refractivity contribution in [2.24, 2.45) is 0 Å². The summed E-state index contributed by atoms with van der Waals surface area (Å²) in [5, 5.41) is 3.58. The summed E-state index contributed by atoms with van der Waals surface area (Å²) in [6.07, 6.45) is 3.94. The molecule has 2 atom stereocenters. The largest absolute Gasteiger partial charge is 0.302 e. The van der Waals surface area contributed by atoms with Crippen molar-refractivity contribution in [3.05, 3.63) is 59.9 Å². The van der Waals surface area contributed by atoms with E-state index in [4.69, 9.17) is 0 Å². The van der Waals surface area contributed by atoms with Crippen LogP contribution in [0.4, 0.5) is 0 Å². The quantitative estimate of drug-likeness (QED) is 0.825. The summed E-state index contributed by atoms with van der Waals surface area (Å²) < 4.78 is 0. The second-order valence-corrected chi connectivity index (χ2v) is 5.52. The number of benzene rings is 1. The second kappa shape index (κ2) is 6.73. The lowest BCUT2D eigenvalue weighted by Crippen LogP contribution is -2.23. The fraction of sp³-hybridized carbons (Fsp3) is 0.312. The molecule has 0 bridgehead atoms. The van der Waals surface area contributed by atoms with Gasteiger partial charge in [0.25, 0.3) is 0 Å². The van der Waals surface area contributed by atoms with Crippen LogP contribution in [0, 0.1) is 0 Å². The standard InChI is InChI=1S/C16H20N2S/c1-12(14-7-9-15(19-3)10-8-14)18-13(2)16-6-4-5-11-17-16/h4-13,18H,1-3H3. The maximum Gasteiger partial charge on any atom is 0.0570 e. The van der Waals surface area contributed by atoms with Crippen molar-refractivity contribution in [2.45, 2.75) is 30.8 Å². The predicted molar refractivity (Wildman–Crippen MR) is 82.4 cm³/mol. The molecule has 1 N–H and O–H groups in total. The Kier molecular flexibility index (Phi) is 5.00. The first kappa shape index (κ1) is 14.1. The molecule has 0 saturated carbocycles. The lowest BCUT2D eigenvalue weighted by atomic mass is 10.1. The van der Waals surface area contributed by atoms with Crippen molar-refractivity contribution in [3.8, 4) is 0 Å². The average molecular weight is 272 g/mol. The first-order valence-corrected chi connectivity index (χ1v) is 7.74. The minimum absolute atomic E-state index is 0.247. The summed E-state index contributed by atoms with van der Waals surface area (Å²) in [4.78, 5) is 5.69. The van der Waals surface area contributed by atoms with Crippen molar-refractivity contribution < 1.29 is 0 Å². The highest BCUT2D eigenvalue weighted by atomic mass is 32.2. The van der Waals surface area contributed by atoms with E-state index in [-0.39, 0.29) is 6.04 Å². The van der Waals surface area contributed by atoms with Gasteiger partial charge in [0.05, 0.1) is 5.69 Å². The Bertz CT molecular complexity index is 496. The van der Waals surface area contributed by atoms with E-state index in [0.717, 1.165) is 5.69 Å². The van der Waals surface area contributed by atoms with Gasteiger partial charge in [0.1, 0.15) is 0 Å². The summed E-state index contributed by atoms with van der Waals surface area (Å²) in [6, 6.07) is 15.3. The second-order valence-electron chi connectivity index (χ2n) is 4.64. The maximum atomic E-state index is 4.39. The molecule has 2 unspecified atom stereocenters. The molecule has 3 heteroatoms. The molecule has 100 valence electrons. The molecule has 0 amide bonds. The monoisotopic (exact) mass is 272 g/mol. The molecule has 0 spiro atoms. The highest BCUT2D eigenvalue weighted by Gasteiger charge is 2.11. The number of nitrogens with one attached hydrogen (secondary N) is 1. The van der Waals surface area contributed by atoms with Gasteiger partial charge in [0, 0.05) is 23.2 Å². The number of hydrogen-bond donors (Lipinski definition) is 1. The van der Waals surface area contributed by atoms with Crippen molar-refractivity contribution in [2.75, 3.05) is 6.26 Å². The summed E-state index contributed by atoms with van der Waals surface area (Å²) in [5.41, 5.74) is 2.38. The number of thioether (sulfide) groups is 1. The third-order valence-electron chi connectivity index (χ3n) is 3.25. The molecule has 1 aromatic heterocycles. The third kappa shape index (κ3) is 3.82. The fourth-order valence-corrected chi connectivity index (χ4v) is 2.49. The molecule has 19 heavy (non-hydrogen) atoms. The fourth-order valence-electron chi connectivity index (χ4n) is 2.08. The van der Waals surface area contributed by atoms with Crippen LogP contribution in [0.1, 0.15) is 37.2 Å². The number of aromatic nitrogens is 1. The number of nitrogens with zero attached hydrogens (tertiary/aromatic N) is 1. The summed E-state index contributed by atoms with van der Waals surface area (Å²) in [6.45, 7) is 4.34. The van der Waals surface area contributed by atoms with Gasteiger partial charge in [-0.1, -0.05) is 18.2 Å². The summed E-state index contributed by atoms with van der Waals surface area (Å²) >= 11 is 1.77.